The summed E-state index contributed by atoms with van der Waals surface area (Å²) in [5.41, 5.74) is 3.14. The molecule has 3 heterocycles. The van der Waals surface area contributed by atoms with Crippen LogP contribution in [-0.4, -0.2) is 39.8 Å². The van der Waals surface area contributed by atoms with Gasteiger partial charge in [-0.2, -0.15) is 0 Å². The average Bonchev–Trinajstić information content (AvgIpc) is 2.94. The van der Waals surface area contributed by atoms with Crippen LogP contribution in [0, 0.1) is 5.92 Å². The van der Waals surface area contributed by atoms with Crippen LogP contribution in [0.1, 0.15) is 24.0 Å². The highest BCUT2D eigenvalue weighted by Gasteiger charge is 2.28. The molecule has 0 radical (unpaired) electrons. The number of hydrogen-bond donors (Lipinski definition) is 1. The van der Waals surface area contributed by atoms with Crippen LogP contribution in [0.2, 0.25) is 0 Å². The number of fused-ring (bicyclic) bond motifs is 1. The Kier molecular flexibility index (Phi) is 7.32. The molecule has 0 spiro atoms. The van der Waals surface area contributed by atoms with E-state index in [0.717, 1.165) is 24.0 Å². The number of rotatable bonds is 7. The second-order valence-corrected chi connectivity index (χ2v) is 9.89. The van der Waals surface area contributed by atoms with Gasteiger partial charge in [-0.3, -0.25) is 14.2 Å². The summed E-state index contributed by atoms with van der Waals surface area (Å²) >= 11 is 1.70. The topological polar surface area (TPSA) is 80.1 Å². The number of carbonyl (C=O) groups is 1. The van der Waals surface area contributed by atoms with Crippen LogP contribution >= 0.6 is 11.8 Å². The van der Waals surface area contributed by atoms with Crippen molar-refractivity contribution < 1.29 is 4.79 Å². The van der Waals surface area contributed by atoms with Gasteiger partial charge >= 0.3 is 0 Å². The molecule has 0 saturated carbocycles. The zero-order chi connectivity index (χ0) is 24.9. The quantitative estimate of drug-likeness (QED) is 0.386. The summed E-state index contributed by atoms with van der Waals surface area (Å²) in [5, 5.41) is 3.08. The number of piperidine rings is 1. The van der Waals surface area contributed by atoms with Gasteiger partial charge in [0.15, 0.2) is 11.5 Å². The minimum absolute atomic E-state index is 0.0145. The van der Waals surface area contributed by atoms with E-state index in [9.17, 15) is 9.59 Å². The second kappa shape index (κ2) is 11.0. The number of pyridine rings is 1. The van der Waals surface area contributed by atoms with Crippen LogP contribution in [0.25, 0.3) is 11.2 Å². The summed E-state index contributed by atoms with van der Waals surface area (Å²) in [6.45, 7) is 2.07. The molecule has 5 rings (SSSR count). The van der Waals surface area contributed by atoms with Crippen molar-refractivity contribution in [2.45, 2.75) is 30.8 Å². The van der Waals surface area contributed by atoms with Crippen LogP contribution < -0.4 is 15.8 Å². The van der Waals surface area contributed by atoms with Gasteiger partial charge in [0.05, 0.1) is 12.5 Å². The fourth-order valence-electron chi connectivity index (χ4n) is 4.64. The summed E-state index contributed by atoms with van der Waals surface area (Å²) in [7, 11) is 0. The Bertz CT molecular complexity index is 1410. The Hall–Kier alpha value is -3.65. The van der Waals surface area contributed by atoms with Crippen molar-refractivity contribution in [3.8, 4) is 0 Å². The summed E-state index contributed by atoms with van der Waals surface area (Å²) in [4.78, 5) is 39.0. The lowest BCUT2D eigenvalue weighted by Crippen LogP contribution is -2.45. The number of carbonyl (C=O) groups excluding carboxylic acids is 1. The lowest BCUT2D eigenvalue weighted by molar-refractivity contribution is -0.125. The maximum atomic E-state index is 13.6. The molecule has 7 nitrogen and oxygen atoms in total. The highest BCUT2D eigenvalue weighted by atomic mass is 32.2. The summed E-state index contributed by atoms with van der Waals surface area (Å²) in [6.07, 6.45) is 5.34. The number of benzene rings is 2. The van der Waals surface area contributed by atoms with Crippen molar-refractivity contribution in [1.29, 1.82) is 0 Å². The molecule has 1 amide bonds. The third kappa shape index (κ3) is 5.28. The van der Waals surface area contributed by atoms with Crippen molar-refractivity contribution in [3.63, 3.8) is 0 Å². The number of anilines is 1. The van der Waals surface area contributed by atoms with E-state index in [-0.39, 0.29) is 17.4 Å². The zero-order valence-corrected chi connectivity index (χ0v) is 21.1. The molecule has 0 unspecified atom stereocenters. The van der Waals surface area contributed by atoms with Crippen molar-refractivity contribution >= 4 is 34.7 Å². The third-order valence-corrected chi connectivity index (χ3v) is 7.33. The smallest absolute Gasteiger partial charge is 0.295 e. The fraction of sp³-hybridized carbons (Fsp3) is 0.286. The molecule has 0 bridgehead atoms. The fourth-order valence-corrected chi connectivity index (χ4v) is 5.05. The summed E-state index contributed by atoms with van der Waals surface area (Å²) in [6, 6.07) is 21.8. The first-order valence-corrected chi connectivity index (χ1v) is 13.4. The van der Waals surface area contributed by atoms with Gasteiger partial charge in [0.1, 0.15) is 5.52 Å². The molecule has 1 aliphatic rings. The van der Waals surface area contributed by atoms with E-state index in [4.69, 9.17) is 4.98 Å². The predicted octanol–water partition coefficient (Wildman–Crippen LogP) is 4.09. The van der Waals surface area contributed by atoms with Crippen LogP contribution in [0.5, 0.6) is 0 Å². The maximum Gasteiger partial charge on any atom is 0.295 e. The molecule has 1 fully saturated rings. The van der Waals surface area contributed by atoms with E-state index in [1.807, 2.05) is 65.8 Å². The zero-order valence-electron chi connectivity index (χ0n) is 20.3. The molecule has 4 aromatic rings. The Labute approximate surface area is 214 Å². The molecule has 1 N–H and O–H groups in total. The first-order valence-electron chi connectivity index (χ1n) is 12.2. The van der Waals surface area contributed by atoms with Crippen LogP contribution in [-0.2, 0) is 17.9 Å². The van der Waals surface area contributed by atoms with Crippen LogP contribution in [0.3, 0.4) is 0 Å². The standard InChI is InChI=1S/C28H29N5O2S/c1-36-23-13-11-20(12-14-23)17-30-27(34)22-9-6-16-32(19-22)26-28(35)33(18-21-7-3-2-4-8-21)25-24(31-26)10-5-15-29-25/h2-5,7-8,10-15,22H,6,9,16-19H2,1H3,(H,30,34)/t22-/m0/s1. The van der Waals surface area contributed by atoms with E-state index in [1.165, 1.54) is 4.90 Å². The average molecular weight is 500 g/mol. The predicted molar refractivity (Wildman–Crippen MR) is 144 cm³/mol. The molecular weight excluding hydrogens is 470 g/mol. The van der Waals surface area contributed by atoms with Crippen molar-refractivity contribution in [2.75, 3.05) is 24.2 Å². The first-order chi connectivity index (χ1) is 17.6. The van der Waals surface area contributed by atoms with Crippen molar-refractivity contribution in [2.24, 2.45) is 5.92 Å². The van der Waals surface area contributed by atoms with Gasteiger partial charge in [-0.15, -0.1) is 11.8 Å². The lowest BCUT2D eigenvalue weighted by atomic mass is 9.97. The molecular formula is C28H29N5O2S. The number of nitrogens with one attached hydrogen (secondary N) is 1. The SMILES string of the molecule is CSc1ccc(CNC(=O)[C@H]2CCCN(c3nc4cccnc4n(Cc4ccccc4)c3=O)C2)cc1. The van der Waals surface area contributed by atoms with E-state index in [1.54, 1.807) is 22.5 Å². The van der Waals surface area contributed by atoms with Gasteiger partial charge in [-0.25, -0.2) is 9.97 Å². The van der Waals surface area contributed by atoms with Gasteiger partial charge in [-0.05, 0) is 54.5 Å². The summed E-state index contributed by atoms with van der Waals surface area (Å²) in [5.74, 6) is 0.204. The lowest BCUT2D eigenvalue weighted by Gasteiger charge is -2.32. The Morgan fingerprint density at radius 2 is 1.86 bits per heavy atom. The number of aromatic nitrogens is 3. The normalized spacial score (nSPS) is 15.7. The van der Waals surface area contributed by atoms with Gasteiger partial charge in [-0.1, -0.05) is 42.5 Å². The van der Waals surface area contributed by atoms with Gasteiger partial charge in [0.25, 0.3) is 5.56 Å². The van der Waals surface area contributed by atoms with Gasteiger partial charge in [0, 0.05) is 30.7 Å². The van der Waals surface area contributed by atoms with Crippen molar-refractivity contribution in [1.82, 2.24) is 19.9 Å². The van der Waals surface area contributed by atoms with Crippen molar-refractivity contribution in [3.05, 3.63) is 94.4 Å². The maximum absolute atomic E-state index is 13.6. The molecule has 184 valence electrons. The number of nitrogens with zero attached hydrogens (tertiary/aromatic N) is 4. The molecule has 0 aliphatic carbocycles. The van der Waals surface area contributed by atoms with E-state index in [2.05, 4.69) is 22.4 Å². The minimum atomic E-state index is -0.197. The Morgan fingerprint density at radius 1 is 1.06 bits per heavy atom. The van der Waals surface area contributed by atoms with Crippen LogP contribution in [0.4, 0.5) is 5.82 Å². The monoisotopic (exact) mass is 499 g/mol. The summed E-state index contributed by atoms with van der Waals surface area (Å²) < 4.78 is 1.69. The highest BCUT2D eigenvalue weighted by Crippen LogP contribution is 2.22. The highest BCUT2D eigenvalue weighted by molar-refractivity contribution is 7.98. The van der Waals surface area contributed by atoms with E-state index in [0.29, 0.717) is 43.2 Å². The molecule has 2 aromatic heterocycles. The molecule has 1 saturated heterocycles. The molecule has 2 aromatic carbocycles. The third-order valence-electron chi connectivity index (χ3n) is 6.59. The molecule has 36 heavy (non-hydrogen) atoms. The Morgan fingerprint density at radius 3 is 2.64 bits per heavy atom. The number of hydrogen-bond acceptors (Lipinski definition) is 6. The largest absolute Gasteiger partial charge is 0.352 e. The number of amides is 1. The van der Waals surface area contributed by atoms with Gasteiger partial charge < -0.3 is 10.2 Å². The molecule has 8 heteroatoms. The minimum Gasteiger partial charge on any atom is -0.352 e. The first kappa shape index (κ1) is 24.1. The number of thioether (sulfide) groups is 1. The van der Waals surface area contributed by atoms with Crippen LogP contribution in [0.15, 0.2) is 82.6 Å². The van der Waals surface area contributed by atoms with Gasteiger partial charge in [0.2, 0.25) is 5.91 Å². The second-order valence-electron chi connectivity index (χ2n) is 9.01. The molecule has 1 aliphatic heterocycles. The van der Waals surface area contributed by atoms with E-state index < -0.39 is 0 Å². The Balaban J connectivity index is 1.36. The van der Waals surface area contributed by atoms with E-state index >= 15 is 0 Å². The molecule has 1 atom stereocenters.